The third-order valence-corrected chi connectivity index (χ3v) is 3.96. The molecule has 0 fully saturated rings. The Balaban J connectivity index is 2.49. The molecule has 1 aromatic heterocycles. The molecular weight excluding hydrogens is 369 g/mol. The molecule has 0 amide bonds. The van der Waals surface area contributed by atoms with Crippen LogP contribution in [0.2, 0.25) is 5.02 Å². The summed E-state index contributed by atoms with van der Waals surface area (Å²) in [5, 5.41) is 3.91. The Bertz CT molecular complexity index is 527. The molecule has 0 bridgehead atoms. The monoisotopic (exact) mass is 377 g/mol. The molecule has 2 aromatic rings. The summed E-state index contributed by atoms with van der Waals surface area (Å²) in [6, 6.07) is 7.55. The fraction of sp³-hybridized carbons (Fsp3) is 0.167. The molecule has 0 aliphatic carbocycles. The molecule has 0 spiro atoms. The van der Waals surface area contributed by atoms with Gasteiger partial charge in [-0.1, -0.05) is 27.5 Å². The van der Waals surface area contributed by atoms with E-state index in [4.69, 9.17) is 16.0 Å². The fourth-order valence-corrected chi connectivity index (χ4v) is 2.71. The summed E-state index contributed by atoms with van der Waals surface area (Å²) in [5.74, 6) is 0.813. The van der Waals surface area contributed by atoms with Gasteiger partial charge in [-0.25, -0.2) is 0 Å². The van der Waals surface area contributed by atoms with E-state index in [1.165, 1.54) is 0 Å². The molecule has 0 radical (unpaired) electrons. The molecule has 0 aliphatic rings. The number of hydrogen-bond acceptors (Lipinski definition) is 2. The molecule has 1 aromatic carbocycles. The van der Waals surface area contributed by atoms with Gasteiger partial charge in [-0.3, -0.25) is 0 Å². The number of benzene rings is 1. The first-order valence-corrected chi connectivity index (χ1v) is 6.95. The molecule has 0 saturated heterocycles. The van der Waals surface area contributed by atoms with Crippen molar-refractivity contribution < 1.29 is 4.42 Å². The van der Waals surface area contributed by atoms with Crippen molar-refractivity contribution in [3.8, 4) is 0 Å². The molecular formula is C12H10Br2ClNO. The lowest BCUT2D eigenvalue weighted by molar-refractivity contribution is 0.461. The first-order chi connectivity index (χ1) is 8.13. The Morgan fingerprint density at radius 2 is 2.06 bits per heavy atom. The van der Waals surface area contributed by atoms with Crippen molar-refractivity contribution in [3.05, 3.63) is 55.8 Å². The van der Waals surface area contributed by atoms with Crippen LogP contribution in [0.1, 0.15) is 17.4 Å². The van der Waals surface area contributed by atoms with Crippen molar-refractivity contribution in [1.29, 1.82) is 0 Å². The lowest BCUT2D eigenvalue weighted by Crippen LogP contribution is -2.17. The minimum atomic E-state index is -0.0793. The minimum Gasteiger partial charge on any atom is -0.466 e. The Hall–Kier alpha value is -0.290. The molecule has 17 heavy (non-hydrogen) atoms. The summed E-state index contributed by atoms with van der Waals surface area (Å²) in [7, 11) is 1.87. The Kier molecular flexibility index (Phi) is 4.31. The molecule has 1 atom stereocenters. The number of nitrogens with one attached hydrogen (secondary N) is 1. The van der Waals surface area contributed by atoms with E-state index in [9.17, 15) is 0 Å². The van der Waals surface area contributed by atoms with Crippen molar-refractivity contribution in [1.82, 2.24) is 5.32 Å². The molecule has 0 aliphatic heterocycles. The van der Waals surface area contributed by atoms with E-state index in [1.807, 2.05) is 31.3 Å². The van der Waals surface area contributed by atoms with Gasteiger partial charge in [0.2, 0.25) is 0 Å². The van der Waals surface area contributed by atoms with E-state index in [2.05, 4.69) is 37.2 Å². The molecule has 5 heteroatoms. The summed E-state index contributed by atoms with van der Waals surface area (Å²) >= 11 is 13.1. The summed E-state index contributed by atoms with van der Waals surface area (Å²) in [6.45, 7) is 0. The third-order valence-electron chi connectivity index (χ3n) is 2.46. The second-order valence-electron chi connectivity index (χ2n) is 3.52. The van der Waals surface area contributed by atoms with Crippen molar-refractivity contribution in [2.75, 3.05) is 7.05 Å². The van der Waals surface area contributed by atoms with Crippen LogP contribution in [0.5, 0.6) is 0 Å². The number of halogens is 3. The van der Waals surface area contributed by atoms with Crippen molar-refractivity contribution in [2.45, 2.75) is 6.04 Å². The number of furan rings is 1. The van der Waals surface area contributed by atoms with E-state index in [-0.39, 0.29) is 6.04 Å². The molecule has 2 nitrogen and oxygen atoms in total. The van der Waals surface area contributed by atoms with Crippen LogP contribution in [-0.4, -0.2) is 7.05 Å². The van der Waals surface area contributed by atoms with Crippen LogP contribution in [0.15, 0.2) is 43.9 Å². The van der Waals surface area contributed by atoms with Gasteiger partial charge in [-0.2, -0.15) is 0 Å². The van der Waals surface area contributed by atoms with Gasteiger partial charge in [0.15, 0.2) is 0 Å². The van der Waals surface area contributed by atoms with Crippen LogP contribution in [0, 0.1) is 0 Å². The second kappa shape index (κ2) is 5.57. The van der Waals surface area contributed by atoms with Crippen LogP contribution < -0.4 is 5.32 Å². The highest BCUT2D eigenvalue weighted by Gasteiger charge is 2.20. The first kappa shape index (κ1) is 13.1. The van der Waals surface area contributed by atoms with Crippen LogP contribution in [0.3, 0.4) is 0 Å². The zero-order chi connectivity index (χ0) is 12.4. The lowest BCUT2D eigenvalue weighted by atomic mass is 10.0. The summed E-state index contributed by atoms with van der Waals surface area (Å²) < 4.78 is 7.39. The summed E-state index contributed by atoms with van der Waals surface area (Å²) in [5.41, 5.74) is 0.971. The topological polar surface area (TPSA) is 25.2 Å². The summed E-state index contributed by atoms with van der Waals surface area (Å²) in [4.78, 5) is 0. The van der Waals surface area contributed by atoms with Gasteiger partial charge in [0, 0.05) is 9.50 Å². The second-order valence-corrected chi connectivity index (χ2v) is 5.70. The van der Waals surface area contributed by atoms with E-state index < -0.39 is 0 Å². The Morgan fingerprint density at radius 3 is 2.65 bits per heavy atom. The Morgan fingerprint density at radius 1 is 1.29 bits per heavy atom. The van der Waals surface area contributed by atoms with Gasteiger partial charge in [0.25, 0.3) is 0 Å². The van der Waals surface area contributed by atoms with Gasteiger partial charge in [0.05, 0.1) is 16.8 Å². The average Bonchev–Trinajstić information content (AvgIpc) is 2.71. The van der Waals surface area contributed by atoms with Gasteiger partial charge >= 0.3 is 0 Å². The molecule has 1 N–H and O–H groups in total. The zero-order valence-electron chi connectivity index (χ0n) is 9.01. The average molecular weight is 379 g/mol. The van der Waals surface area contributed by atoms with Crippen molar-refractivity contribution >= 4 is 43.5 Å². The molecule has 0 saturated carbocycles. The molecule has 1 unspecified atom stereocenters. The maximum atomic E-state index is 6.22. The third kappa shape index (κ3) is 2.76. The van der Waals surface area contributed by atoms with Gasteiger partial charge in [-0.15, -0.1) is 0 Å². The van der Waals surface area contributed by atoms with Gasteiger partial charge in [0.1, 0.15) is 5.76 Å². The van der Waals surface area contributed by atoms with Crippen molar-refractivity contribution in [2.24, 2.45) is 0 Å². The predicted molar refractivity (Wildman–Crippen MR) is 76.5 cm³/mol. The normalized spacial score (nSPS) is 12.7. The highest BCUT2D eigenvalue weighted by molar-refractivity contribution is 9.10. The van der Waals surface area contributed by atoms with Crippen LogP contribution in [0.4, 0.5) is 0 Å². The van der Waals surface area contributed by atoms with Crippen LogP contribution >= 0.6 is 43.5 Å². The quantitative estimate of drug-likeness (QED) is 0.831. The van der Waals surface area contributed by atoms with E-state index in [0.717, 1.165) is 20.3 Å². The predicted octanol–water partition coefficient (Wildman–Crippen LogP) is 4.77. The van der Waals surface area contributed by atoms with Crippen LogP contribution in [0.25, 0.3) is 0 Å². The maximum Gasteiger partial charge on any atom is 0.139 e. The van der Waals surface area contributed by atoms with E-state index in [1.54, 1.807) is 6.26 Å². The molecule has 2 rings (SSSR count). The highest BCUT2D eigenvalue weighted by atomic mass is 79.9. The molecule has 90 valence electrons. The Labute approximate surface area is 122 Å². The van der Waals surface area contributed by atoms with E-state index in [0.29, 0.717) is 5.02 Å². The largest absolute Gasteiger partial charge is 0.466 e. The minimum absolute atomic E-state index is 0.0793. The van der Waals surface area contributed by atoms with Gasteiger partial charge < -0.3 is 9.73 Å². The first-order valence-electron chi connectivity index (χ1n) is 4.98. The zero-order valence-corrected chi connectivity index (χ0v) is 12.9. The van der Waals surface area contributed by atoms with E-state index >= 15 is 0 Å². The van der Waals surface area contributed by atoms with Gasteiger partial charge in [-0.05, 0) is 52.8 Å². The maximum absolute atomic E-state index is 6.22. The highest BCUT2D eigenvalue weighted by Crippen LogP contribution is 2.34. The standard InChI is InChI=1S/C12H10Br2ClNO/c1-16-11(12-9(14)4-5-17-12)8-6-7(13)2-3-10(8)15/h2-6,11,16H,1H3. The lowest BCUT2D eigenvalue weighted by Gasteiger charge is -2.16. The smallest absolute Gasteiger partial charge is 0.139 e. The number of hydrogen-bond donors (Lipinski definition) is 1. The number of rotatable bonds is 3. The van der Waals surface area contributed by atoms with Crippen molar-refractivity contribution in [3.63, 3.8) is 0 Å². The SMILES string of the molecule is CNC(c1cc(Br)ccc1Cl)c1occc1Br. The fourth-order valence-electron chi connectivity index (χ4n) is 1.68. The van der Waals surface area contributed by atoms with Crippen LogP contribution in [-0.2, 0) is 0 Å². The molecule has 1 heterocycles. The summed E-state index contributed by atoms with van der Waals surface area (Å²) in [6.07, 6.45) is 1.65.